The van der Waals surface area contributed by atoms with E-state index in [0.717, 1.165) is 5.56 Å². The van der Waals surface area contributed by atoms with E-state index in [1.807, 2.05) is 39.0 Å². The number of carbonyl (C=O) groups is 2. The van der Waals surface area contributed by atoms with Crippen LogP contribution in [0.25, 0.3) is 0 Å². The minimum atomic E-state index is -0.328. The number of nitrogens with one attached hydrogen (secondary N) is 1. The molecule has 0 aromatic heterocycles. The molecular weight excluding hydrogens is 356 g/mol. The Balaban J connectivity index is 1.89. The Morgan fingerprint density at radius 2 is 1.96 bits per heavy atom. The first-order chi connectivity index (χ1) is 13.5. The third-order valence-corrected chi connectivity index (χ3v) is 5.00. The molecule has 148 valence electrons. The van der Waals surface area contributed by atoms with Crippen molar-refractivity contribution in [2.75, 3.05) is 18.5 Å². The molecule has 2 aromatic carbocycles. The average Bonchev–Trinajstić information content (AvgIpc) is 3.00. The van der Waals surface area contributed by atoms with E-state index in [-0.39, 0.29) is 30.4 Å². The van der Waals surface area contributed by atoms with Gasteiger partial charge in [0, 0.05) is 6.54 Å². The van der Waals surface area contributed by atoms with Gasteiger partial charge in [0.25, 0.3) is 11.8 Å². The first-order valence-electron chi connectivity index (χ1n) is 9.54. The van der Waals surface area contributed by atoms with Crippen LogP contribution in [0.1, 0.15) is 47.1 Å². The number of fused-ring (bicyclic) bond motifs is 1. The fourth-order valence-corrected chi connectivity index (χ4v) is 3.55. The number of aliphatic hydroxyl groups excluding tert-OH is 1. The van der Waals surface area contributed by atoms with E-state index < -0.39 is 0 Å². The summed E-state index contributed by atoms with van der Waals surface area (Å²) in [5, 5.41) is 12.6. The fourth-order valence-electron chi connectivity index (χ4n) is 3.55. The molecule has 0 fully saturated rings. The molecule has 28 heavy (non-hydrogen) atoms. The highest BCUT2D eigenvalue weighted by Gasteiger charge is 2.35. The van der Waals surface area contributed by atoms with Gasteiger partial charge in [0.1, 0.15) is 5.75 Å². The number of amides is 2. The Labute approximate surface area is 165 Å². The van der Waals surface area contributed by atoms with Crippen molar-refractivity contribution in [2.45, 2.75) is 33.4 Å². The van der Waals surface area contributed by atoms with Crippen molar-refractivity contribution < 1.29 is 19.4 Å². The van der Waals surface area contributed by atoms with Crippen LogP contribution in [-0.2, 0) is 6.54 Å². The van der Waals surface area contributed by atoms with Crippen molar-refractivity contribution in [3.8, 4) is 5.75 Å². The number of hydrogen-bond acceptors (Lipinski definition) is 4. The predicted molar refractivity (Wildman–Crippen MR) is 108 cm³/mol. The van der Waals surface area contributed by atoms with E-state index in [9.17, 15) is 14.7 Å². The second-order valence-corrected chi connectivity index (χ2v) is 7.15. The molecule has 1 heterocycles. The number of nitrogens with zero attached hydrogens (tertiary/aromatic N) is 1. The molecule has 0 saturated carbocycles. The Morgan fingerprint density at radius 3 is 2.64 bits per heavy atom. The van der Waals surface area contributed by atoms with E-state index >= 15 is 0 Å². The minimum absolute atomic E-state index is 0.0964. The molecule has 0 unspecified atom stereocenters. The van der Waals surface area contributed by atoms with Gasteiger partial charge in [-0.25, -0.2) is 0 Å². The Morgan fingerprint density at radius 1 is 1.21 bits per heavy atom. The Bertz CT molecular complexity index is 879. The summed E-state index contributed by atoms with van der Waals surface area (Å²) in [6, 6.07) is 12.2. The largest absolute Gasteiger partial charge is 0.493 e. The summed E-state index contributed by atoms with van der Waals surface area (Å²) < 4.78 is 5.54. The van der Waals surface area contributed by atoms with E-state index in [2.05, 4.69) is 5.32 Å². The van der Waals surface area contributed by atoms with Crippen LogP contribution in [0.2, 0.25) is 0 Å². The van der Waals surface area contributed by atoms with E-state index in [4.69, 9.17) is 4.74 Å². The standard InChI is InChI=1S/C22H26N2O4/c1-4-28-19-11-6-5-9-16(19)21(26)23-17-10-7-8-15-12-24(22(27)20(15)17)18(13-25)14(2)3/h5-11,14,18,25H,4,12-13H2,1-3H3,(H,23,26)/t18-/m0/s1. The molecule has 1 atom stereocenters. The van der Waals surface area contributed by atoms with Crippen LogP contribution in [0.15, 0.2) is 42.5 Å². The van der Waals surface area contributed by atoms with Crippen LogP contribution in [0.5, 0.6) is 5.75 Å². The lowest BCUT2D eigenvalue weighted by Crippen LogP contribution is -2.41. The molecule has 0 aliphatic carbocycles. The number of anilines is 1. The van der Waals surface area contributed by atoms with Crippen molar-refractivity contribution >= 4 is 17.5 Å². The zero-order chi connectivity index (χ0) is 20.3. The Hall–Kier alpha value is -2.86. The van der Waals surface area contributed by atoms with E-state index in [1.54, 1.807) is 29.2 Å². The van der Waals surface area contributed by atoms with Gasteiger partial charge in [-0.3, -0.25) is 9.59 Å². The lowest BCUT2D eigenvalue weighted by atomic mass is 10.0. The molecular formula is C22H26N2O4. The summed E-state index contributed by atoms with van der Waals surface area (Å²) in [7, 11) is 0. The number of benzene rings is 2. The van der Waals surface area contributed by atoms with Crippen molar-refractivity contribution in [3.63, 3.8) is 0 Å². The average molecular weight is 382 g/mol. The maximum atomic E-state index is 13.0. The molecule has 1 aliphatic heterocycles. The lowest BCUT2D eigenvalue weighted by molar-refractivity contribution is 0.0533. The van der Waals surface area contributed by atoms with E-state index in [0.29, 0.717) is 35.7 Å². The highest BCUT2D eigenvalue weighted by molar-refractivity contribution is 6.11. The third kappa shape index (κ3) is 3.73. The maximum Gasteiger partial charge on any atom is 0.259 e. The van der Waals surface area contributed by atoms with Gasteiger partial charge in [-0.05, 0) is 36.6 Å². The number of carbonyl (C=O) groups excluding carboxylic acids is 2. The molecule has 2 aromatic rings. The predicted octanol–water partition coefficient (Wildman–Crippen LogP) is 3.31. The van der Waals surface area contributed by atoms with Crippen molar-refractivity contribution in [3.05, 3.63) is 59.2 Å². The highest BCUT2D eigenvalue weighted by atomic mass is 16.5. The molecule has 6 nitrogen and oxygen atoms in total. The summed E-state index contributed by atoms with van der Waals surface area (Å²) in [6.45, 7) is 6.60. The van der Waals surface area contributed by atoms with Gasteiger partial charge in [0.05, 0.1) is 36.1 Å². The Kier molecular flexibility index (Phi) is 5.99. The first-order valence-corrected chi connectivity index (χ1v) is 9.54. The van der Waals surface area contributed by atoms with Gasteiger partial charge in [-0.15, -0.1) is 0 Å². The molecule has 0 spiro atoms. The quantitative estimate of drug-likeness (QED) is 0.770. The molecule has 0 saturated heterocycles. The van der Waals surface area contributed by atoms with Gasteiger partial charge in [0.2, 0.25) is 0 Å². The molecule has 0 radical (unpaired) electrons. The number of para-hydroxylation sites is 1. The molecule has 6 heteroatoms. The van der Waals surface area contributed by atoms with Crippen LogP contribution < -0.4 is 10.1 Å². The normalized spacial score (nSPS) is 14.2. The number of aliphatic hydroxyl groups is 1. The minimum Gasteiger partial charge on any atom is -0.493 e. The summed E-state index contributed by atoms with van der Waals surface area (Å²) >= 11 is 0. The van der Waals surface area contributed by atoms with Crippen molar-refractivity contribution in [2.24, 2.45) is 5.92 Å². The van der Waals surface area contributed by atoms with Crippen molar-refractivity contribution in [1.82, 2.24) is 4.90 Å². The summed E-state index contributed by atoms with van der Waals surface area (Å²) in [5.41, 5.74) is 2.23. The number of ether oxygens (including phenoxy) is 1. The first kappa shape index (κ1) is 19.9. The highest BCUT2D eigenvalue weighted by Crippen LogP contribution is 2.32. The van der Waals surface area contributed by atoms with E-state index in [1.165, 1.54) is 0 Å². The molecule has 2 N–H and O–H groups in total. The summed E-state index contributed by atoms with van der Waals surface area (Å²) in [4.78, 5) is 27.6. The molecule has 2 amide bonds. The van der Waals surface area contributed by atoms with Crippen LogP contribution in [0, 0.1) is 5.92 Å². The summed E-state index contributed by atoms with van der Waals surface area (Å²) in [5.74, 6) is 0.130. The van der Waals surface area contributed by atoms with Crippen LogP contribution in [0.4, 0.5) is 5.69 Å². The van der Waals surface area contributed by atoms with Crippen LogP contribution in [-0.4, -0.2) is 41.1 Å². The van der Waals surface area contributed by atoms with Crippen LogP contribution in [0.3, 0.4) is 0 Å². The van der Waals surface area contributed by atoms with Gasteiger partial charge in [-0.2, -0.15) is 0 Å². The second-order valence-electron chi connectivity index (χ2n) is 7.15. The zero-order valence-corrected chi connectivity index (χ0v) is 16.4. The van der Waals surface area contributed by atoms with Gasteiger partial charge >= 0.3 is 0 Å². The third-order valence-electron chi connectivity index (χ3n) is 5.00. The zero-order valence-electron chi connectivity index (χ0n) is 16.4. The molecule has 0 bridgehead atoms. The molecule has 3 rings (SSSR count). The SMILES string of the molecule is CCOc1ccccc1C(=O)Nc1cccc2c1C(=O)N([C@@H](CO)C(C)C)C2. The van der Waals surface area contributed by atoms with Crippen LogP contribution >= 0.6 is 0 Å². The van der Waals surface area contributed by atoms with Gasteiger partial charge < -0.3 is 20.1 Å². The van der Waals surface area contributed by atoms with Gasteiger partial charge in [-0.1, -0.05) is 38.1 Å². The summed E-state index contributed by atoms with van der Waals surface area (Å²) in [6.07, 6.45) is 0. The van der Waals surface area contributed by atoms with Gasteiger partial charge in [0.15, 0.2) is 0 Å². The smallest absolute Gasteiger partial charge is 0.259 e. The second kappa shape index (κ2) is 8.44. The lowest BCUT2D eigenvalue weighted by Gasteiger charge is -2.29. The fraction of sp³-hybridized carbons (Fsp3) is 0.364. The molecule has 1 aliphatic rings. The number of rotatable bonds is 7. The van der Waals surface area contributed by atoms with Crippen molar-refractivity contribution in [1.29, 1.82) is 0 Å². The number of hydrogen-bond donors (Lipinski definition) is 2. The maximum absolute atomic E-state index is 13.0. The topological polar surface area (TPSA) is 78.9 Å². The monoisotopic (exact) mass is 382 g/mol.